The first-order valence-electron chi connectivity index (χ1n) is 8.07. The molecule has 0 atom stereocenters. The lowest BCUT2D eigenvalue weighted by Gasteiger charge is -2.09. The quantitative estimate of drug-likeness (QED) is 0.695. The maximum atomic E-state index is 12.1. The van der Waals surface area contributed by atoms with Crippen molar-refractivity contribution in [3.05, 3.63) is 71.9 Å². The lowest BCUT2D eigenvalue weighted by molar-refractivity contribution is -0.115. The zero-order valence-electron chi connectivity index (χ0n) is 14.2. The number of aromatic nitrogens is 1. The number of carbonyl (C=O) groups is 3. The zero-order chi connectivity index (χ0) is 18.5. The largest absolute Gasteiger partial charge is 0.343 e. The minimum atomic E-state index is -0.383. The summed E-state index contributed by atoms with van der Waals surface area (Å²) in [7, 11) is 0. The number of ketones is 1. The van der Waals surface area contributed by atoms with Crippen LogP contribution in [0.25, 0.3) is 10.9 Å². The van der Waals surface area contributed by atoms with E-state index in [0.29, 0.717) is 22.3 Å². The second-order valence-corrected chi connectivity index (χ2v) is 5.75. The van der Waals surface area contributed by atoms with Gasteiger partial charge in [-0.3, -0.25) is 19.4 Å². The Labute approximate surface area is 150 Å². The number of pyridine rings is 1. The molecule has 0 radical (unpaired) electrons. The fourth-order valence-corrected chi connectivity index (χ4v) is 2.52. The molecule has 1 heterocycles. The molecule has 0 saturated carbocycles. The van der Waals surface area contributed by atoms with Gasteiger partial charge < -0.3 is 10.6 Å². The van der Waals surface area contributed by atoms with Crippen molar-refractivity contribution in [2.75, 3.05) is 11.9 Å². The summed E-state index contributed by atoms with van der Waals surface area (Å²) < 4.78 is 0. The van der Waals surface area contributed by atoms with Crippen molar-refractivity contribution in [2.24, 2.45) is 0 Å². The van der Waals surface area contributed by atoms with Crippen molar-refractivity contribution >= 4 is 34.2 Å². The average Bonchev–Trinajstić information content (AvgIpc) is 2.66. The van der Waals surface area contributed by atoms with E-state index in [1.807, 2.05) is 24.3 Å². The molecule has 0 unspecified atom stereocenters. The summed E-state index contributed by atoms with van der Waals surface area (Å²) in [5.74, 6) is -0.803. The van der Waals surface area contributed by atoms with Gasteiger partial charge in [0.05, 0.1) is 17.7 Å². The summed E-state index contributed by atoms with van der Waals surface area (Å²) in [6.45, 7) is 1.29. The highest BCUT2D eigenvalue weighted by molar-refractivity contribution is 6.03. The van der Waals surface area contributed by atoms with E-state index in [1.54, 1.807) is 36.5 Å². The topological polar surface area (TPSA) is 88.2 Å². The van der Waals surface area contributed by atoms with E-state index < -0.39 is 0 Å². The van der Waals surface area contributed by atoms with Gasteiger partial charge in [-0.25, -0.2) is 0 Å². The molecule has 0 fully saturated rings. The fourth-order valence-electron chi connectivity index (χ4n) is 2.52. The van der Waals surface area contributed by atoms with E-state index in [-0.39, 0.29) is 24.1 Å². The Morgan fingerprint density at radius 1 is 0.923 bits per heavy atom. The van der Waals surface area contributed by atoms with Crippen LogP contribution in [-0.4, -0.2) is 29.1 Å². The predicted molar refractivity (Wildman–Crippen MR) is 99.2 cm³/mol. The fraction of sp³-hybridized carbons (Fsp3) is 0.100. The van der Waals surface area contributed by atoms with Crippen molar-refractivity contribution in [2.45, 2.75) is 6.92 Å². The molecule has 2 aromatic carbocycles. The molecule has 0 aliphatic rings. The van der Waals surface area contributed by atoms with Crippen LogP contribution in [0.15, 0.2) is 60.8 Å². The van der Waals surface area contributed by atoms with E-state index in [4.69, 9.17) is 0 Å². The molecule has 0 bridgehead atoms. The van der Waals surface area contributed by atoms with Gasteiger partial charge in [-0.15, -0.1) is 0 Å². The van der Waals surface area contributed by atoms with Gasteiger partial charge in [0.1, 0.15) is 0 Å². The smallest absolute Gasteiger partial charge is 0.251 e. The third-order valence-electron chi connectivity index (χ3n) is 3.87. The average molecular weight is 347 g/mol. The summed E-state index contributed by atoms with van der Waals surface area (Å²) in [5, 5.41) is 6.23. The van der Waals surface area contributed by atoms with Crippen LogP contribution in [0.3, 0.4) is 0 Å². The number of anilines is 1. The van der Waals surface area contributed by atoms with E-state index in [1.165, 1.54) is 6.92 Å². The van der Waals surface area contributed by atoms with Crippen LogP contribution in [-0.2, 0) is 4.79 Å². The van der Waals surface area contributed by atoms with Crippen molar-refractivity contribution in [1.82, 2.24) is 10.3 Å². The number of rotatable bonds is 5. The maximum Gasteiger partial charge on any atom is 0.251 e. The van der Waals surface area contributed by atoms with Gasteiger partial charge in [0, 0.05) is 22.7 Å². The van der Waals surface area contributed by atoms with Crippen LogP contribution in [0.4, 0.5) is 5.69 Å². The number of nitrogens with one attached hydrogen (secondary N) is 2. The standard InChI is InChI=1S/C20H17N3O3/c1-13(24)14-7-9-16(10-8-14)20(26)22-12-18(25)23-17-6-2-4-15-5-3-11-21-19(15)17/h2-11H,12H2,1H3,(H,22,26)(H,23,25). The van der Waals surface area contributed by atoms with Crippen molar-refractivity contribution in [3.63, 3.8) is 0 Å². The Bertz CT molecular complexity index is 976. The second-order valence-electron chi connectivity index (χ2n) is 5.75. The molecule has 3 aromatic rings. The van der Waals surface area contributed by atoms with Gasteiger partial charge in [0.15, 0.2) is 5.78 Å². The Morgan fingerprint density at radius 3 is 2.35 bits per heavy atom. The highest BCUT2D eigenvalue weighted by Crippen LogP contribution is 2.20. The zero-order valence-corrected chi connectivity index (χ0v) is 14.2. The molecule has 0 spiro atoms. The predicted octanol–water partition coefficient (Wildman–Crippen LogP) is 2.81. The van der Waals surface area contributed by atoms with Gasteiger partial charge in [-0.05, 0) is 31.2 Å². The molecule has 2 amide bonds. The molecule has 6 nitrogen and oxygen atoms in total. The van der Waals surface area contributed by atoms with Gasteiger partial charge in [-0.2, -0.15) is 0 Å². The van der Waals surface area contributed by atoms with Crippen LogP contribution >= 0.6 is 0 Å². The summed E-state index contributed by atoms with van der Waals surface area (Å²) in [6.07, 6.45) is 1.66. The number of para-hydroxylation sites is 1. The maximum absolute atomic E-state index is 12.1. The molecular formula is C20H17N3O3. The van der Waals surface area contributed by atoms with Crippen LogP contribution in [0.5, 0.6) is 0 Å². The molecule has 0 aliphatic carbocycles. The molecule has 6 heteroatoms. The summed E-state index contributed by atoms with van der Waals surface area (Å²) in [6, 6.07) is 15.5. The molecule has 2 N–H and O–H groups in total. The van der Waals surface area contributed by atoms with Crippen molar-refractivity contribution in [1.29, 1.82) is 0 Å². The SMILES string of the molecule is CC(=O)c1ccc(C(=O)NCC(=O)Nc2cccc3cccnc23)cc1. The number of fused-ring (bicyclic) bond motifs is 1. The molecule has 130 valence electrons. The Morgan fingerprint density at radius 2 is 1.62 bits per heavy atom. The van der Waals surface area contributed by atoms with Crippen LogP contribution in [0.1, 0.15) is 27.6 Å². The lowest BCUT2D eigenvalue weighted by atomic mass is 10.1. The van der Waals surface area contributed by atoms with Crippen molar-refractivity contribution in [3.8, 4) is 0 Å². The monoisotopic (exact) mass is 347 g/mol. The molecule has 0 aliphatic heterocycles. The number of benzene rings is 2. The Kier molecular flexibility index (Phi) is 5.03. The van der Waals surface area contributed by atoms with E-state index in [9.17, 15) is 14.4 Å². The second kappa shape index (κ2) is 7.57. The van der Waals surface area contributed by atoms with E-state index >= 15 is 0 Å². The van der Waals surface area contributed by atoms with Gasteiger partial charge >= 0.3 is 0 Å². The minimum Gasteiger partial charge on any atom is -0.343 e. The summed E-state index contributed by atoms with van der Waals surface area (Å²) in [5.41, 5.74) is 2.19. The molecule has 26 heavy (non-hydrogen) atoms. The Hall–Kier alpha value is -3.54. The molecular weight excluding hydrogens is 330 g/mol. The van der Waals surface area contributed by atoms with E-state index in [2.05, 4.69) is 15.6 Å². The number of carbonyl (C=O) groups excluding carboxylic acids is 3. The van der Waals surface area contributed by atoms with Crippen LogP contribution < -0.4 is 10.6 Å². The minimum absolute atomic E-state index is 0.0694. The van der Waals surface area contributed by atoms with E-state index in [0.717, 1.165) is 5.39 Å². The van der Waals surface area contributed by atoms with Gasteiger partial charge in [-0.1, -0.05) is 30.3 Å². The number of amides is 2. The summed E-state index contributed by atoms with van der Waals surface area (Å²) in [4.78, 5) is 39.8. The van der Waals surface area contributed by atoms with Crippen LogP contribution in [0, 0.1) is 0 Å². The molecule has 3 rings (SSSR count). The first-order chi connectivity index (χ1) is 12.5. The first kappa shape index (κ1) is 17.3. The third-order valence-corrected chi connectivity index (χ3v) is 3.87. The van der Waals surface area contributed by atoms with Crippen molar-refractivity contribution < 1.29 is 14.4 Å². The van der Waals surface area contributed by atoms with Crippen LogP contribution in [0.2, 0.25) is 0 Å². The Balaban J connectivity index is 1.61. The number of hydrogen-bond acceptors (Lipinski definition) is 4. The lowest BCUT2D eigenvalue weighted by Crippen LogP contribution is -2.32. The van der Waals surface area contributed by atoms with Gasteiger partial charge in [0.25, 0.3) is 5.91 Å². The highest BCUT2D eigenvalue weighted by Gasteiger charge is 2.10. The normalized spacial score (nSPS) is 10.3. The number of hydrogen-bond donors (Lipinski definition) is 2. The summed E-state index contributed by atoms with van der Waals surface area (Å²) >= 11 is 0. The van der Waals surface area contributed by atoms with Gasteiger partial charge in [0.2, 0.25) is 5.91 Å². The third kappa shape index (κ3) is 3.92. The first-order valence-corrected chi connectivity index (χ1v) is 8.07. The number of Topliss-reactive ketones (excluding diaryl/α,β-unsaturated/α-hetero) is 1. The molecule has 1 aromatic heterocycles. The molecule has 0 saturated heterocycles. The highest BCUT2D eigenvalue weighted by atomic mass is 16.2. The number of nitrogens with zero attached hydrogens (tertiary/aromatic N) is 1.